The van der Waals surface area contributed by atoms with Crippen molar-refractivity contribution < 1.29 is 23.7 Å². The second-order valence-electron chi connectivity index (χ2n) is 5.94. The van der Waals surface area contributed by atoms with Crippen LogP contribution < -0.4 is 18.9 Å². The van der Waals surface area contributed by atoms with Crippen molar-refractivity contribution in [1.29, 1.82) is 0 Å². The van der Waals surface area contributed by atoms with Gasteiger partial charge in [0.05, 0.1) is 34.4 Å². The minimum absolute atomic E-state index is 0.0292. The van der Waals surface area contributed by atoms with Crippen LogP contribution in [0.5, 0.6) is 23.1 Å². The summed E-state index contributed by atoms with van der Waals surface area (Å²) in [6.45, 7) is 1.07. The van der Waals surface area contributed by atoms with Crippen LogP contribution in [-0.2, 0) is 4.79 Å². The molecule has 1 saturated heterocycles. The summed E-state index contributed by atoms with van der Waals surface area (Å²) in [5.74, 6) is 2.08. The lowest BCUT2D eigenvalue weighted by Crippen LogP contribution is -2.55. The number of hydrogen-bond acceptors (Lipinski definition) is 6. The van der Waals surface area contributed by atoms with Crippen molar-refractivity contribution in [2.75, 3.05) is 34.4 Å². The Morgan fingerprint density at radius 2 is 1.81 bits per heavy atom. The molecule has 2 heterocycles. The first kappa shape index (κ1) is 18.6. The van der Waals surface area contributed by atoms with E-state index in [0.717, 1.165) is 5.56 Å². The quantitative estimate of drug-likeness (QED) is 0.697. The van der Waals surface area contributed by atoms with E-state index in [1.165, 1.54) is 6.08 Å². The fourth-order valence-electron chi connectivity index (χ4n) is 2.75. The zero-order chi connectivity index (χ0) is 19.2. The molecule has 0 radical (unpaired) electrons. The van der Waals surface area contributed by atoms with Crippen molar-refractivity contribution in [3.05, 3.63) is 48.2 Å². The van der Waals surface area contributed by atoms with Gasteiger partial charge < -0.3 is 23.8 Å². The van der Waals surface area contributed by atoms with Gasteiger partial charge in [-0.2, -0.15) is 0 Å². The Labute approximate surface area is 158 Å². The van der Waals surface area contributed by atoms with E-state index in [4.69, 9.17) is 18.9 Å². The van der Waals surface area contributed by atoms with Gasteiger partial charge in [-0.15, -0.1) is 0 Å². The summed E-state index contributed by atoms with van der Waals surface area (Å²) in [4.78, 5) is 18.1. The first-order chi connectivity index (χ1) is 13.1. The minimum atomic E-state index is -0.0791. The fraction of sp³-hybridized carbons (Fsp3) is 0.300. The standard InChI is InChI=1S/C20H22N2O5/c1-24-16-10-14(11-17(25-2)20(16)26-3)7-8-19(23)22-12-15(13-22)27-18-6-4-5-9-21-18/h4-11,15H,12-13H2,1-3H3/b8-7+. The number of aromatic nitrogens is 1. The molecule has 0 spiro atoms. The van der Waals surface area contributed by atoms with Crippen LogP contribution in [-0.4, -0.2) is 56.3 Å². The monoisotopic (exact) mass is 370 g/mol. The van der Waals surface area contributed by atoms with Gasteiger partial charge in [0.15, 0.2) is 11.5 Å². The smallest absolute Gasteiger partial charge is 0.246 e. The highest BCUT2D eigenvalue weighted by molar-refractivity contribution is 5.92. The maximum atomic E-state index is 12.3. The molecule has 142 valence electrons. The predicted octanol–water partition coefficient (Wildman–Crippen LogP) is 2.41. The third-order valence-corrected chi connectivity index (χ3v) is 4.19. The number of carbonyl (C=O) groups excluding carboxylic acids is 1. The lowest BCUT2D eigenvalue weighted by Gasteiger charge is -2.38. The largest absolute Gasteiger partial charge is 0.493 e. The summed E-state index contributed by atoms with van der Waals surface area (Å²) < 4.78 is 21.6. The molecule has 1 fully saturated rings. The van der Waals surface area contributed by atoms with E-state index < -0.39 is 0 Å². The van der Waals surface area contributed by atoms with Crippen molar-refractivity contribution in [3.8, 4) is 23.1 Å². The second-order valence-corrected chi connectivity index (χ2v) is 5.94. The summed E-state index contributed by atoms with van der Waals surface area (Å²) >= 11 is 0. The number of amides is 1. The molecule has 0 atom stereocenters. The third kappa shape index (κ3) is 4.31. The molecule has 3 rings (SSSR count). The van der Waals surface area contributed by atoms with Crippen molar-refractivity contribution in [3.63, 3.8) is 0 Å². The second kappa shape index (κ2) is 8.44. The SMILES string of the molecule is COc1cc(/C=C/C(=O)N2CC(Oc3ccccn3)C2)cc(OC)c1OC. The lowest BCUT2D eigenvalue weighted by atomic mass is 10.1. The highest BCUT2D eigenvalue weighted by Gasteiger charge is 2.31. The number of methoxy groups -OCH3 is 3. The Morgan fingerprint density at radius 3 is 2.37 bits per heavy atom. The van der Waals surface area contributed by atoms with E-state index in [0.29, 0.717) is 36.2 Å². The van der Waals surface area contributed by atoms with E-state index in [-0.39, 0.29) is 12.0 Å². The molecule has 1 aromatic heterocycles. The van der Waals surface area contributed by atoms with Gasteiger partial charge in [0.1, 0.15) is 6.10 Å². The van der Waals surface area contributed by atoms with E-state index >= 15 is 0 Å². The van der Waals surface area contributed by atoms with Crippen LogP contribution in [0.2, 0.25) is 0 Å². The Morgan fingerprint density at radius 1 is 1.11 bits per heavy atom. The van der Waals surface area contributed by atoms with Crippen molar-refractivity contribution in [2.24, 2.45) is 0 Å². The number of nitrogens with zero attached hydrogens (tertiary/aromatic N) is 2. The normalized spacial score (nSPS) is 14.0. The van der Waals surface area contributed by atoms with Gasteiger partial charge in [-0.3, -0.25) is 4.79 Å². The molecule has 0 N–H and O–H groups in total. The number of pyridine rings is 1. The highest BCUT2D eigenvalue weighted by Crippen LogP contribution is 2.38. The summed E-state index contributed by atoms with van der Waals surface area (Å²) in [5, 5.41) is 0. The van der Waals surface area contributed by atoms with Crippen LogP contribution in [0.3, 0.4) is 0 Å². The summed E-state index contributed by atoms with van der Waals surface area (Å²) in [6, 6.07) is 9.07. The summed E-state index contributed by atoms with van der Waals surface area (Å²) in [7, 11) is 4.65. The van der Waals surface area contributed by atoms with E-state index in [1.807, 2.05) is 12.1 Å². The molecule has 0 saturated carbocycles. The van der Waals surface area contributed by atoms with Crippen molar-refractivity contribution >= 4 is 12.0 Å². The van der Waals surface area contributed by atoms with Crippen LogP contribution in [0.15, 0.2) is 42.6 Å². The van der Waals surface area contributed by atoms with Crippen LogP contribution in [0.4, 0.5) is 0 Å². The van der Waals surface area contributed by atoms with E-state index in [9.17, 15) is 4.79 Å². The van der Waals surface area contributed by atoms with Crippen molar-refractivity contribution in [1.82, 2.24) is 9.88 Å². The third-order valence-electron chi connectivity index (χ3n) is 4.19. The molecule has 1 aromatic carbocycles. The summed E-state index contributed by atoms with van der Waals surface area (Å²) in [5.41, 5.74) is 0.777. The molecule has 7 heteroatoms. The van der Waals surface area contributed by atoms with Gasteiger partial charge in [-0.25, -0.2) is 4.98 Å². The van der Waals surface area contributed by atoms with Crippen molar-refractivity contribution in [2.45, 2.75) is 6.10 Å². The first-order valence-electron chi connectivity index (χ1n) is 8.49. The molecule has 27 heavy (non-hydrogen) atoms. The van der Waals surface area contributed by atoms with E-state index in [2.05, 4.69) is 4.98 Å². The average molecular weight is 370 g/mol. The molecule has 0 bridgehead atoms. The Bertz CT molecular complexity index is 791. The van der Waals surface area contributed by atoms with E-state index in [1.54, 1.807) is 56.7 Å². The first-order valence-corrected chi connectivity index (χ1v) is 8.49. The van der Waals surface area contributed by atoms with Gasteiger partial charge in [-0.1, -0.05) is 6.07 Å². The Kier molecular flexibility index (Phi) is 5.80. The van der Waals surface area contributed by atoms with Gasteiger partial charge in [0, 0.05) is 18.3 Å². The molecular weight excluding hydrogens is 348 g/mol. The maximum absolute atomic E-state index is 12.3. The van der Waals surface area contributed by atoms with Gasteiger partial charge in [0.25, 0.3) is 0 Å². The topological polar surface area (TPSA) is 70.1 Å². The van der Waals surface area contributed by atoms with Gasteiger partial charge in [-0.05, 0) is 29.8 Å². The zero-order valence-corrected chi connectivity index (χ0v) is 15.5. The zero-order valence-electron chi connectivity index (χ0n) is 15.5. The Hall–Kier alpha value is -3.22. The van der Waals surface area contributed by atoms with Crippen LogP contribution in [0.1, 0.15) is 5.56 Å². The Balaban J connectivity index is 1.59. The summed E-state index contributed by atoms with van der Waals surface area (Å²) in [6.07, 6.45) is 4.90. The molecule has 0 unspecified atom stereocenters. The lowest BCUT2D eigenvalue weighted by molar-refractivity contribution is -0.134. The molecule has 0 aliphatic carbocycles. The fourth-order valence-corrected chi connectivity index (χ4v) is 2.75. The van der Waals surface area contributed by atoms with Gasteiger partial charge in [0.2, 0.25) is 17.5 Å². The van der Waals surface area contributed by atoms with Crippen LogP contribution >= 0.6 is 0 Å². The molecule has 1 amide bonds. The molecular formula is C20H22N2O5. The molecule has 7 nitrogen and oxygen atoms in total. The highest BCUT2D eigenvalue weighted by atomic mass is 16.5. The maximum Gasteiger partial charge on any atom is 0.246 e. The molecule has 1 aliphatic rings. The number of ether oxygens (including phenoxy) is 4. The minimum Gasteiger partial charge on any atom is -0.493 e. The van der Waals surface area contributed by atoms with Crippen LogP contribution in [0.25, 0.3) is 6.08 Å². The van der Waals surface area contributed by atoms with Gasteiger partial charge >= 0.3 is 0 Å². The molecule has 2 aromatic rings. The molecule has 1 aliphatic heterocycles. The predicted molar refractivity (Wildman–Crippen MR) is 100 cm³/mol. The number of hydrogen-bond donors (Lipinski definition) is 0. The van der Waals surface area contributed by atoms with Crippen LogP contribution in [0, 0.1) is 0 Å². The number of benzene rings is 1. The average Bonchev–Trinajstić information content (AvgIpc) is 2.68. The number of rotatable bonds is 7. The number of likely N-dealkylation sites (tertiary alicyclic amines) is 1. The number of carbonyl (C=O) groups is 1.